The summed E-state index contributed by atoms with van der Waals surface area (Å²) in [6.45, 7) is 6.27. The lowest BCUT2D eigenvalue weighted by Gasteiger charge is -2.35. The number of carbonyl (C=O) groups excluding carboxylic acids is 1. The van der Waals surface area contributed by atoms with E-state index in [0.717, 1.165) is 26.2 Å². The zero-order valence-corrected chi connectivity index (χ0v) is 16.0. The highest BCUT2D eigenvalue weighted by Gasteiger charge is 2.21. The molecule has 1 aromatic carbocycles. The maximum Gasteiger partial charge on any atom is 0.225 e. The van der Waals surface area contributed by atoms with Crippen molar-refractivity contribution in [3.63, 3.8) is 0 Å². The molecule has 0 saturated carbocycles. The Labute approximate surface area is 164 Å². The van der Waals surface area contributed by atoms with E-state index in [-0.39, 0.29) is 5.91 Å². The quantitative estimate of drug-likeness (QED) is 0.784. The Morgan fingerprint density at radius 3 is 2.71 bits per heavy atom. The fourth-order valence-corrected chi connectivity index (χ4v) is 3.15. The van der Waals surface area contributed by atoms with Gasteiger partial charge < -0.3 is 15.0 Å². The number of nitrogens with zero attached hydrogens (tertiary/aromatic N) is 5. The topological polar surface area (TPSA) is 94.4 Å². The summed E-state index contributed by atoms with van der Waals surface area (Å²) in [5.41, 5.74) is 1.05. The van der Waals surface area contributed by atoms with Crippen molar-refractivity contribution >= 4 is 17.4 Å². The Morgan fingerprint density at radius 2 is 1.96 bits per heavy atom. The Morgan fingerprint density at radius 1 is 1.21 bits per heavy atom. The molecule has 8 heteroatoms. The lowest BCUT2D eigenvalue weighted by atomic mass is 10.2. The van der Waals surface area contributed by atoms with E-state index in [1.807, 2.05) is 31.2 Å². The Balaban J connectivity index is 1.47. The first-order valence-electron chi connectivity index (χ1n) is 9.41. The average molecular weight is 380 g/mol. The van der Waals surface area contributed by atoms with Gasteiger partial charge in [0, 0.05) is 51.5 Å². The van der Waals surface area contributed by atoms with Gasteiger partial charge in [0.2, 0.25) is 5.91 Å². The molecule has 146 valence electrons. The third-order valence-corrected chi connectivity index (χ3v) is 4.57. The van der Waals surface area contributed by atoms with Crippen molar-refractivity contribution < 1.29 is 9.53 Å². The molecule has 1 N–H and O–H groups in total. The van der Waals surface area contributed by atoms with E-state index in [1.54, 1.807) is 6.20 Å². The van der Waals surface area contributed by atoms with Gasteiger partial charge in [0.05, 0.1) is 12.3 Å². The largest absolute Gasteiger partial charge is 0.492 e. The molecule has 3 rings (SSSR count). The molecule has 1 saturated heterocycles. The molecule has 1 fully saturated rings. The van der Waals surface area contributed by atoms with E-state index in [1.165, 1.54) is 6.20 Å². The molecular formula is C20H24N6O2. The molecule has 1 aliphatic heterocycles. The molecule has 2 heterocycles. The van der Waals surface area contributed by atoms with Gasteiger partial charge in [-0.15, -0.1) is 0 Å². The summed E-state index contributed by atoms with van der Waals surface area (Å²) < 4.78 is 5.54. The standard InChI is InChI=1S/C20H24N6O2/c1-2-28-18-6-4-3-5-16(18)24-19(27)7-10-25-11-13-26(14-12-25)20-17(15-21)22-8-9-23-20/h3-6,8-9H,2,7,10-14H2,1H3,(H,24,27). The lowest BCUT2D eigenvalue weighted by molar-refractivity contribution is -0.116. The second-order valence-electron chi connectivity index (χ2n) is 6.40. The van der Waals surface area contributed by atoms with E-state index in [4.69, 9.17) is 4.74 Å². The van der Waals surface area contributed by atoms with Gasteiger partial charge in [-0.3, -0.25) is 9.69 Å². The number of aromatic nitrogens is 2. The van der Waals surface area contributed by atoms with Crippen LogP contribution in [0.25, 0.3) is 0 Å². The van der Waals surface area contributed by atoms with E-state index in [2.05, 4.69) is 31.2 Å². The first-order valence-corrected chi connectivity index (χ1v) is 9.41. The van der Waals surface area contributed by atoms with Crippen molar-refractivity contribution in [1.29, 1.82) is 5.26 Å². The second-order valence-corrected chi connectivity index (χ2v) is 6.40. The first kappa shape index (κ1) is 19.6. The average Bonchev–Trinajstić information content (AvgIpc) is 2.74. The number of hydrogen-bond donors (Lipinski definition) is 1. The summed E-state index contributed by atoms with van der Waals surface area (Å²) in [5.74, 6) is 1.29. The van der Waals surface area contributed by atoms with Crippen LogP contribution in [0.3, 0.4) is 0 Å². The number of nitrogens with one attached hydrogen (secondary N) is 1. The maximum atomic E-state index is 12.3. The van der Waals surface area contributed by atoms with Crippen LogP contribution in [0, 0.1) is 11.3 Å². The predicted octanol–water partition coefficient (Wildman–Crippen LogP) is 1.90. The molecule has 0 radical (unpaired) electrons. The number of piperazine rings is 1. The molecule has 1 aromatic heterocycles. The van der Waals surface area contributed by atoms with Gasteiger partial charge in [0.15, 0.2) is 11.5 Å². The van der Waals surface area contributed by atoms with Gasteiger partial charge in [0.1, 0.15) is 11.8 Å². The number of carbonyl (C=O) groups is 1. The van der Waals surface area contributed by atoms with Gasteiger partial charge in [-0.2, -0.15) is 5.26 Å². The summed E-state index contributed by atoms with van der Waals surface area (Å²) in [6, 6.07) is 9.54. The minimum absolute atomic E-state index is 0.0322. The molecule has 28 heavy (non-hydrogen) atoms. The third-order valence-electron chi connectivity index (χ3n) is 4.57. The molecular weight excluding hydrogens is 356 g/mol. The van der Waals surface area contributed by atoms with Gasteiger partial charge in [-0.05, 0) is 19.1 Å². The number of nitriles is 1. The fourth-order valence-electron chi connectivity index (χ4n) is 3.15. The van der Waals surface area contributed by atoms with Crippen molar-refractivity contribution in [3.8, 4) is 11.8 Å². The van der Waals surface area contributed by atoms with Gasteiger partial charge in [-0.1, -0.05) is 12.1 Å². The van der Waals surface area contributed by atoms with Gasteiger partial charge in [0.25, 0.3) is 0 Å². The van der Waals surface area contributed by atoms with Crippen LogP contribution in [0.4, 0.5) is 11.5 Å². The zero-order valence-electron chi connectivity index (χ0n) is 16.0. The van der Waals surface area contributed by atoms with Crippen molar-refractivity contribution in [2.24, 2.45) is 0 Å². The first-order chi connectivity index (χ1) is 13.7. The molecule has 0 atom stereocenters. The van der Waals surface area contributed by atoms with Crippen LogP contribution >= 0.6 is 0 Å². The highest BCUT2D eigenvalue weighted by molar-refractivity contribution is 5.92. The SMILES string of the molecule is CCOc1ccccc1NC(=O)CCN1CCN(c2nccnc2C#N)CC1. The van der Waals surface area contributed by atoms with Crippen LogP contribution in [0.15, 0.2) is 36.7 Å². The Kier molecular flexibility index (Phi) is 6.76. The number of ether oxygens (including phenoxy) is 1. The molecule has 1 amide bonds. The summed E-state index contributed by atoms with van der Waals surface area (Å²) in [7, 11) is 0. The molecule has 2 aromatic rings. The van der Waals surface area contributed by atoms with Crippen molar-refractivity contribution in [2.75, 3.05) is 49.5 Å². The molecule has 0 aliphatic carbocycles. The smallest absolute Gasteiger partial charge is 0.225 e. The molecule has 0 unspecified atom stereocenters. The summed E-state index contributed by atoms with van der Waals surface area (Å²) in [6.07, 6.45) is 3.54. The minimum atomic E-state index is -0.0322. The Bertz CT molecular complexity index is 843. The fraction of sp³-hybridized carbons (Fsp3) is 0.400. The second kappa shape index (κ2) is 9.67. The normalized spacial score (nSPS) is 14.4. The minimum Gasteiger partial charge on any atom is -0.492 e. The third kappa shape index (κ3) is 4.96. The van der Waals surface area contributed by atoms with Crippen molar-refractivity contribution in [2.45, 2.75) is 13.3 Å². The molecule has 8 nitrogen and oxygen atoms in total. The van der Waals surface area contributed by atoms with Crippen LogP contribution in [0.1, 0.15) is 19.0 Å². The number of anilines is 2. The predicted molar refractivity (Wildman–Crippen MR) is 106 cm³/mol. The van der Waals surface area contributed by atoms with Crippen LogP contribution < -0.4 is 15.0 Å². The van der Waals surface area contributed by atoms with Crippen molar-refractivity contribution in [1.82, 2.24) is 14.9 Å². The summed E-state index contributed by atoms with van der Waals surface area (Å²) in [4.78, 5) is 25.0. The number of amides is 1. The number of rotatable bonds is 7. The summed E-state index contributed by atoms with van der Waals surface area (Å²) in [5, 5.41) is 12.1. The lowest BCUT2D eigenvalue weighted by Crippen LogP contribution is -2.47. The number of benzene rings is 1. The van der Waals surface area contributed by atoms with Gasteiger partial charge >= 0.3 is 0 Å². The van der Waals surface area contributed by atoms with E-state index in [0.29, 0.717) is 42.5 Å². The van der Waals surface area contributed by atoms with Gasteiger partial charge in [-0.25, -0.2) is 9.97 Å². The number of para-hydroxylation sites is 2. The maximum absolute atomic E-state index is 12.3. The number of hydrogen-bond acceptors (Lipinski definition) is 7. The zero-order chi connectivity index (χ0) is 19.8. The van der Waals surface area contributed by atoms with E-state index < -0.39 is 0 Å². The van der Waals surface area contributed by atoms with E-state index >= 15 is 0 Å². The molecule has 0 bridgehead atoms. The monoisotopic (exact) mass is 380 g/mol. The van der Waals surface area contributed by atoms with Crippen LogP contribution in [-0.4, -0.2) is 60.1 Å². The molecule has 0 spiro atoms. The van der Waals surface area contributed by atoms with Crippen LogP contribution in [-0.2, 0) is 4.79 Å². The highest BCUT2D eigenvalue weighted by Crippen LogP contribution is 2.23. The molecule has 1 aliphatic rings. The van der Waals surface area contributed by atoms with Crippen LogP contribution in [0.2, 0.25) is 0 Å². The Hall–Kier alpha value is -3.18. The summed E-state index contributed by atoms with van der Waals surface area (Å²) >= 11 is 0. The highest BCUT2D eigenvalue weighted by atomic mass is 16.5. The van der Waals surface area contributed by atoms with Crippen molar-refractivity contribution in [3.05, 3.63) is 42.4 Å². The van der Waals surface area contributed by atoms with E-state index in [9.17, 15) is 10.1 Å². The van der Waals surface area contributed by atoms with Crippen LogP contribution in [0.5, 0.6) is 5.75 Å².